The first-order valence-corrected chi connectivity index (χ1v) is 10.4. The third-order valence-corrected chi connectivity index (χ3v) is 5.54. The van der Waals surface area contributed by atoms with E-state index in [2.05, 4.69) is 54.7 Å². The second-order valence-corrected chi connectivity index (χ2v) is 7.81. The summed E-state index contributed by atoms with van der Waals surface area (Å²) in [5.41, 5.74) is 3.73. The smallest absolute Gasteiger partial charge is 0.161 e. The van der Waals surface area contributed by atoms with E-state index < -0.39 is 0 Å². The number of quaternary nitrogens is 1. The van der Waals surface area contributed by atoms with Crippen molar-refractivity contribution in [1.29, 1.82) is 0 Å². The van der Waals surface area contributed by atoms with Crippen molar-refractivity contribution in [1.82, 2.24) is 0 Å². The van der Waals surface area contributed by atoms with Gasteiger partial charge in [-0.2, -0.15) is 0 Å². The number of methoxy groups -OCH3 is 1. The molecule has 0 amide bonds. The van der Waals surface area contributed by atoms with Crippen LogP contribution >= 0.6 is 0 Å². The average molecular weight is 369 g/mol. The van der Waals surface area contributed by atoms with Crippen LogP contribution in [0, 0.1) is 6.92 Å². The van der Waals surface area contributed by atoms with Gasteiger partial charge in [-0.25, -0.2) is 0 Å². The minimum Gasteiger partial charge on any atom is -0.493 e. The number of hydrogen-bond donors (Lipinski definition) is 1. The Balaban J connectivity index is 1.56. The van der Waals surface area contributed by atoms with Crippen molar-refractivity contribution in [3.05, 3.63) is 59.2 Å². The van der Waals surface area contributed by atoms with E-state index in [-0.39, 0.29) is 0 Å². The molecule has 0 saturated heterocycles. The van der Waals surface area contributed by atoms with Crippen molar-refractivity contribution in [3.63, 3.8) is 0 Å². The summed E-state index contributed by atoms with van der Waals surface area (Å²) in [6.45, 7) is 3.68. The van der Waals surface area contributed by atoms with Crippen LogP contribution in [0.1, 0.15) is 61.6 Å². The van der Waals surface area contributed by atoms with Gasteiger partial charge in [0.15, 0.2) is 11.5 Å². The molecule has 27 heavy (non-hydrogen) atoms. The van der Waals surface area contributed by atoms with Crippen molar-refractivity contribution in [2.75, 3.05) is 7.11 Å². The predicted molar refractivity (Wildman–Crippen MR) is 110 cm³/mol. The molecule has 3 nitrogen and oxygen atoms in total. The fraction of sp³-hybridized carbons (Fsp3) is 0.500. The Kier molecular flexibility index (Phi) is 7.58. The Morgan fingerprint density at radius 3 is 2.41 bits per heavy atom. The number of ether oxygens (including phenoxy) is 2. The first-order chi connectivity index (χ1) is 13.2. The first kappa shape index (κ1) is 19.8. The maximum Gasteiger partial charge on any atom is 0.161 e. The van der Waals surface area contributed by atoms with Crippen LogP contribution in [0.15, 0.2) is 42.5 Å². The summed E-state index contributed by atoms with van der Waals surface area (Å²) >= 11 is 0. The Hall–Kier alpha value is -2.00. The first-order valence-electron chi connectivity index (χ1n) is 10.4. The zero-order chi connectivity index (χ0) is 18.9. The van der Waals surface area contributed by atoms with Crippen LogP contribution in [-0.4, -0.2) is 13.2 Å². The molecule has 3 rings (SSSR count). The van der Waals surface area contributed by atoms with Crippen molar-refractivity contribution in [3.8, 4) is 11.5 Å². The van der Waals surface area contributed by atoms with Gasteiger partial charge in [-0.3, -0.25) is 0 Å². The molecule has 0 aliphatic heterocycles. The monoisotopic (exact) mass is 368 g/mol. The molecule has 3 heteroatoms. The summed E-state index contributed by atoms with van der Waals surface area (Å²) in [4.78, 5) is 0. The lowest BCUT2D eigenvalue weighted by atomic mass is 9.96. The van der Waals surface area contributed by atoms with Crippen molar-refractivity contribution in [2.24, 2.45) is 0 Å². The molecule has 1 saturated carbocycles. The van der Waals surface area contributed by atoms with E-state index in [1.54, 1.807) is 7.11 Å². The lowest BCUT2D eigenvalue weighted by molar-refractivity contribution is -0.706. The van der Waals surface area contributed by atoms with Gasteiger partial charge >= 0.3 is 0 Å². The minimum absolute atomic E-state index is 0.561. The fourth-order valence-electron chi connectivity index (χ4n) is 3.95. The third-order valence-electron chi connectivity index (χ3n) is 5.54. The molecule has 1 aliphatic rings. The standard InChI is InChI=1S/C24H33NO2/c1-19-9-8-10-21(15-19)18-27-23-14-13-20(16-24(23)26-2)17-25-22-11-6-4-3-5-7-12-22/h8-10,13-16,22,25H,3-7,11-12,17-18H2,1-2H3/p+1. The topological polar surface area (TPSA) is 35.1 Å². The van der Waals surface area contributed by atoms with Crippen LogP contribution in [0.3, 0.4) is 0 Å². The largest absolute Gasteiger partial charge is 0.493 e. The van der Waals surface area contributed by atoms with E-state index in [4.69, 9.17) is 9.47 Å². The van der Waals surface area contributed by atoms with Gasteiger partial charge in [0.05, 0.1) is 13.2 Å². The van der Waals surface area contributed by atoms with E-state index in [0.29, 0.717) is 6.61 Å². The Morgan fingerprint density at radius 1 is 0.889 bits per heavy atom. The van der Waals surface area contributed by atoms with Crippen molar-refractivity contribution >= 4 is 0 Å². The molecule has 0 unspecified atom stereocenters. The zero-order valence-corrected chi connectivity index (χ0v) is 16.9. The van der Waals surface area contributed by atoms with Gasteiger partial charge < -0.3 is 14.8 Å². The normalized spacial score (nSPS) is 15.8. The number of nitrogens with two attached hydrogens (primary N) is 1. The summed E-state index contributed by atoms with van der Waals surface area (Å²) in [6.07, 6.45) is 9.72. The van der Waals surface area contributed by atoms with Crippen molar-refractivity contribution in [2.45, 2.75) is 71.1 Å². The molecule has 0 atom stereocenters. The molecule has 1 aliphatic carbocycles. The highest BCUT2D eigenvalue weighted by molar-refractivity contribution is 5.43. The maximum atomic E-state index is 6.01. The van der Waals surface area contributed by atoms with Crippen LogP contribution < -0.4 is 14.8 Å². The fourth-order valence-corrected chi connectivity index (χ4v) is 3.95. The summed E-state index contributed by atoms with van der Waals surface area (Å²) in [6, 6.07) is 15.6. The van der Waals surface area contributed by atoms with E-state index in [0.717, 1.165) is 24.1 Å². The lowest BCUT2D eigenvalue weighted by Gasteiger charge is -2.18. The average Bonchev–Trinajstić information content (AvgIpc) is 2.66. The maximum absolute atomic E-state index is 6.01. The molecule has 0 bridgehead atoms. The van der Waals surface area contributed by atoms with Crippen LogP contribution in [0.2, 0.25) is 0 Å². The van der Waals surface area contributed by atoms with Gasteiger partial charge in [-0.15, -0.1) is 0 Å². The molecule has 2 aromatic carbocycles. The molecular formula is C24H34NO2+. The second-order valence-electron chi connectivity index (χ2n) is 7.81. The molecule has 0 radical (unpaired) electrons. The molecule has 1 fully saturated rings. The molecule has 0 heterocycles. The Morgan fingerprint density at radius 2 is 1.67 bits per heavy atom. The number of rotatable bonds is 7. The van der Waals surface area contributed by atoms with E-state index in [1.165, 1.54) is 61.6 Å². The molecule has 2 N–H and O–H groups in total. The summed E-state index contributed by atoms with van der Waals surface area (Å²) < 4.78 is 11.6. The number of benzene rings is 2. The highest BCUT2D eigenvalue weighted by Crippen LogP contribution is 2.28. The molecule has 2 aromatic rings. The quantitative estimate of drug-likeness (QED) is 0.765. The van der Waals surface area contributed by atoms with Gasteiger partial charge in [0, 0.05) is 5.56 Å². The van der Waals surface area contributed by atoms with Gasteiger partial charge in [-0.1, -0.05) is 49.1 Å². The minimum atomic E-state index is 0.561. The Bertz CT molecular complexity index is 705. The van der Waals surface area contributed by atoms with E-state index >= 15 is 0 Å². The van der Waals surface area contributed by atoms with Gasteiger partial charge in [0.1, 0.15) is 13.2 Å². The third kappa shape index (κ3) is 6.28. The molecular weight excluding hydrogens is 334 g/mol. The lowest BCUT2D eigenvalue weighted by Crippen LogP contribution is -2.88. The molecule has 146 valence electrons. The van der Waals surface area contributed by atoms with Crippen molar-refractivity contribution < 1.29 is 14.8 Å². The summed E-state index contributed by atoms with van der Waals surface area (Å²) in [7, 11) is 1.72. The summed E-state index contributed by atoms with van der Waals surface area (Å²) in [5, 5.41) is 2.52. The van der Waals surface area contributed by atoms with E-state index in [9.17, 15) is 0 Å². The SMILES string of the molecule is COc1cc(C[NH2+]C2CCCCCCC2)ccc1OCc1cccc(C)c1. The molecule has 0 spiro atoms. The number of hydrogen-bond acceptors (Lipinski definition) is 2. The summed E-state index contributed by atoms with van der Waals surface area (Å²) in [5.74, 6) is 1.64. The van der Waals surface area contributed by atoms with E-state index in [1.807, 2.05) is 0 Å². The zero-order valence-electron chi connectivity index (χ0n) is 16.9. The highest BCUT2D eigenvalue weighted by Gasteiger charge is 2.14. The molecule has 0 aromatic heterocycles. The van der Waals surface area contributed by atoms with Gasteiger partial charge in [-0.05, 0) is 56.4 Å². The van der Waals surface area contributed by atoms with Crippen LogP contribution in [0.4, 0.5) is 0 Å². The van der Waals surface area contributed by atoms with Crippen LogP contribution in [-0.2, 0) is 13.2 Å². The van der Waals surface area contributed by atoms with Gasteiger partial charge in [0.2, 0.25) is 0 Å². The number of aryl methyl sites for hydroxylation is 1. The predicted octanol–water partition coefficient (Wildman–Crippen LogP) is 4.76. The van der Waals surface area contributed by atoms with Crippen LogP contribution in [0.25, 0.3) is 0 Å². The Labute approximate surface area is 164 Å². The highest BCUT2D eigenvalue weighted by atomic mass is 16.5. The van der Waals surface area contributed by atoms with Gasteiger partial charge in [0.25, 0.3) is 0 Å². The van der Waals surface area contributed by atoms with Crippen LogP contribution in [0.5, 0.6) is 11.5 Å². The second kappa shape index (κ2) is 10.4.